The smallest absolute Gasteiger partial charge is 0.259 e. The molecule has 33 heavy (non-hydrogen) atoms. The minimum atomic E-state index is -0.0615. The van der Waals surface area contributed by atoms with Gasteiger partial charge in [0.2, 0.25) is 0 Å². The van der Waals surface area contributed by atoms with Crippen LogP contribution in [0.4, 0.5) is 0 Å². The molecule has 3 rings (SSSR count). The van der Waals surface area contributed by atoms with Crippen LogP contribution < -0.4 is 10.1 Å². The molecule has 0 radical (unpaired) electrons. The Kier molecular flexibility index (Phi) is 9.32. The minimum absolute atomic E-state index is 0.0381. The first-order valence-corrected chi connectivity index (χ1v) is 11.4. The van der Waals surface area contributed by atoms with E-state index in [4.69, 9.17) is 4.74 Å². The molecule has 7 nitrogen and oxygen atoms in total. The molecule has 0 aliphatic carbocycles. The van der Waals surface area contributed by atoms with Crippen molar-refractivity contribution in [3.05, 3.63) is 71.8 Å². The summed E-state index contributed by atoms with van der Waals surface area (Å²) in [5, 5.41) is 3.46. The maximum absolute atomic E-state index is 11.7. The molecule has 1 saturated heterocycles. The van der Waals surface area contributed by atoms with Gasteiger partial charge in [0.25, 0.3) is 5.91 Å². The second kappa shape index (κ2) is 12.6. The number of hydrogen-bond acceptors (Lipinski definition) is 4. The van der Waals surface area contributed by atoms with Crippen LogP contribution in [0.25, 0.3) is 6.08 Å². The quantitative estimate of drug-likeness (QED) is 0.496. The van der Waals surface area contributed by atoms with Crippen LogP contribution in [0.5, 0.6) is 5.75 Å². The Labute approximate surface area is 197 Å². The van der Waals surface area contributed by atoms with Crippen molar-refractivity contribution in [2.24, 2.45) is 4.99 Å². The second-order valence-corrected chi connectivity index (χ2v) is 8.23. The predicted octanol–water partition coefficient (Wildman–Crippen LogP) is 2.56. The lowest BCUT2D eigenvalue weighted by Gasteiger charge is -2.36. The highest BCUT2D eigenvalue weighted by Crippen LogP contribution is 2.14. The van der Waals surface area contributed by atoms with Crippen molar-refractivity contribution in [2.75, 3.05) is 60.5 Å². The van der Waals surface area contributed by atoms with Crippen LogP contribution in [0, 0.1) is 0 Å². The summed E-state index contributed by atoms with van der Waals surface area (Å²) in [6, 6.07) is 18.2. The van der Waals surface area contributed by atoms with Crippen LogP contribution in [0.1, 0.15) is 11.1 Å². The van der Waals surface area contributed by atoms with E-state index in [1.54, 1.807) is 14.1 Å². The lowest BCUT2D eigenvalue weighted by atomic mass is 10.2. The summed E-state index contributed by atoms with van der Waals surface area (Å²) < 4.78 is 5.62. The SMILES string of the molecule is CN=C(NCc1cccc(OCC(=O)N(C)C)c1)N1CCN(C/C=C/c2ccccc2)CC1. The number of nitrogens with zero attached hydrogens (tertiary/aromatic N) is 4. The van der Waals surface area contributed by atoms with E-state index in [-0.39, 0.29) is 12.5 Å². The fourth-order valence-electron chi connectivity index (χ4n) is 3.58. The fraction of sp³-hybridized carbons (Fsp3) is 0.385. The summed E-state index contributed by atoms with van der Waals surface area (Å²) in [6.07, 6.45) is 4.42. The fourth-order valence-corrected chi connectivity index (χ4v) is 3.58. The zero-order chi connectivity index (χ0) is 23.5. The number of benzene rings is 2. The summed E-state index contributed by atoms with van der Waals surface area (Å²) in [7, 11) is 5.27. The number of guanidine groups is 1. The number of hydrogen-bond donors (Lipinski definition) is 1. The van der Waals surface area contributed by atoms with Gasteiger partial charge in [0.15, 0.2) is 12.6 Å². The highest BCUT2D eigenvalue weighted by atomic mass is 16.5. The van der Waals surface area contributed by atoms with Gasteiger partial charge in [-0.1, -0.05) is 54.6 Å². The molecule has 2 aromatic rings. The van der Waals surface area contributed by atoms with E-state index in [0.717, 1.165) is 44.2 Å². The largest absolute Gasteiger partial charge is 0.484 e. The standard InChI is InChI=1S/C26H35N5O2/c1-27-26(28-20-23-11-7-13-24(19-23)33-21-25(32)29(2)3)31-17-15-30(16-18-31)14-8-12-22-9-5-4-6-10-22/h4-13,19H,14-18,20-21H2,1-3H3,(H,27,28)/b12-8+. The lowest BCUT2D eigenvalue weighted by Crippen LogP contribution is -2.52. The maximum Gasteiger partial charge on any atom is 0.259 e. The third-order valence-electron chi connectivity index (χ3n) is 5.57. The van der Waals surface area contributed by atoms with Crippen LogP contribution in [0.2, 0.25) is 0 Å². The molecule has 1 heterocycles. The Balaban J connectivity index is 1.43. The third kappa shape index (κ3) is 7.95. The summed E-state index contributed by atoms with van der Waals surface area (Å²) in [5.41, 5.74) is 2.31. The van der Waals surface area contributed by atoms with Gasteiger partial charge in [-0.3, -0.25) is 14.7 Å². The maximum atomic E-state index is 11.7. The number of nitrogens with one attached hydrogen (secondary N) is 1. The molecule has 1 fully saturated rings. The Hall–Kier alpha value is -3.32. The van der Waals surface area contributed by atoms with Gasteiger partial charge in [-0.25, -0.2) is 0 Å². The molecule has 0 spiro atoms. The van der Waals surface area contributed by atoms with Gasteiger partial charge in [0, 0.05) is 60.4 Å². The molecule has 0 atom stereocenters. The zero-order valence-corrected chi connectivity index (χ0v) is 19.9. The van der Waals surface area contributed by atoms with E-state index >= 15 is 0 Å². The molecule has 1 amide bonds. The molecular weight excluding hydrogens is 414 g/mol. The Morgan fingerprint density at radius 1 is 1.09 bits per heavy atom. The molecule has 0 bridgehead atoms. The van der Waals surface area contributed by atoms with Crippen molar-refractivity contribution in [1.82, 2.24) is 20.0 Å². The van der Waals surface area contributed by atoms with Crippen LogP contribution in [-0.2, 0) is 11.3 Å². The summed E-state index contributed by atoms with van der Waals surface area (Å²) in [6.45, 7) is 5.52. The zero-order valence-electron chi connectivity index (χ0n) is 19.9. The highest BCUT2D eigenvalue weighted by molar-refractivity contribution is 5.80. The number of amides is 1. The van der Waals surface area contributed by atoms with Crippen molar-refractivity contribution in [2.45, 2.75) is 6.54 Å². The van der Waals surface area contributed by atoms with Crippen molar-refractivity contribution in [3.63, 3.8) is 0 Å². The molecule has 1 N–H and O–H groups in total. The number of ether oxygens (including phenoxy) is 1. The number of aliphatic imine (C=N–C) groups is 1. The third-order valence-corrected chi connectivity index (χ3v) is 5.57. The van der Waals surface area contributed by atoms with Crippen molar-refractivity contribution < 1.29 is 9.53 Å². The molecule has 1 aliphatic rings. The summed E-state index contributed by atoms with van der Waals surface area (Å²) in [5.74, 6) is 1.54. The van der Waals surface area contributed by atoms with Crippen LogP contribution >= 0.6 is 0 Å². The van der Waals surface area contributed by atoms with Crippen LogP contribution in [0.3, 0.4) is 0 Å². The molecular formula is C26H35N5O2. The van der Waals surface area contributed by atoms with E-state index in [0.29, 0.717) is 12.3 Å². The van der Waals surface area contributed by atoms with Crippen molar-refractivity contribution in [3.8, 4) is 5.75 Å². The molecule has 0 aromatic heterocycles. The Morgan fingerprint density at radius 3 is 2.55 bits per heavy atom. The van der Waals surface area contributed by atoms with Gasteiger partial charge < -0.3 is 19.9 Å². The van der Waals surface area contributed by atoms with E-state index < -0.39 is 0 Å². The van der Waals surface area contributed by atoms with E-state index in [2.05, 4.69) is 56.5 Å². The number of rotatable bonds is 8. The predicted molar refractivity (Wildman–Crippen MR) is 134 cm³/mol. The number of likely N-dealkylation sites (N-methyl/N-ethyl adjacent to an activating group) is 1. The molecule has 1 aliphatic heterocycles. The Morgan fingerprint density at radius 2 is 1.85 bits per heavy atom. The first kappa shape index (κ1) is 24.3. The van der Waals surface area contributed by atoms with E-state index in [1.165, 1.54) is 10.5 Å². The molecule has 176 valence electrons. The topological polar surface area (TPSA) is 60.4 Å². The van der Waals surface area contributed by atoms with Crippen LogP contribution in [0.15, 0.2) is 65.7 Å². The Bertz CT molecular complexity index is 935. The monoisotopic (exact) mass is 449 g/mol. The highest BCUT2D eigenvalue weighted by Gasteiger charge is 2.18. The van der Waals surface area contributed by atoms with Gasteiger partial charge >= 0.3 is 0 Å². The van der Waals surface area contributed by atoms with Gasteiger partial charge in [-0.05, 0) is 23.3 Å². The van der Waals surface area contributed by atoms with Crippen molar-refractivity contribution >= 4 is 17.9 Å². The van der Waals surface area contributed by atoms with Gasteiger partial charge in [0.05, 0.1) is 0 Å². The van der Waals surface area contributed by atoms with Crippen molar-refractivity contribution in [1.29, 1.82) is 0 Å². The lowest BCUT2D eigenvalue weighted by molar-refractivity contribution is -0.130. The van der Waals surface area contributed by atoms with Crippen LogP contribution in [-0.4, -0.2) is 87.0 Å². The average Bonchev–Trinajstić information content (AvgIpc) is 2.84. The molecule has 0 saturated carbocycles. The number of carbonyl (C=O) groups is 1. The summed E-state index contributed by atoms with van der Waals surface area (Å²) >= 11 is 0. The molecule has 2 aromatic carbocycles. The molecule has 7 heteroatoms. The minimum Gasteiger partial charge on any atom is -0.484 e. The number of carbonyl (C=O) groups excluding carboxylic acids is 1. The second-order valence-electron chi connectivity index (χ2n) is 8.23. The van der Waals surface area contributed by atoms with Gasteiger partial charge in [-0.2, -0.15) is 0 Å². The first-order chi connectivity index (χ1) is 16.0. The van der Waals surface area contributed by atoms with E-state index in [1.807, 2.05) is 37.4 Å². The van der Waals surface area contributed by atoms with Gasteiger partial charge in [-0.15, -0.1) is 0 Å². The van der Waals surface area contributed by atoms with E-state index in [9.17, 15) is 4.79 Å². The average molecular weight is 450 g/mol. The summed E-state index contributed by atoms with van der Waals surface area (Å²) in [4.78, 5) is 22.5. The molecule has 0 unspecified atom stereocenters. The number of piperazine rings is 1. The first-order valence-electron chi connectivity index (χ1n) is 11.4. The normalized spacial score (nSPS) is 15.0. The van der Waals surface area contributed by atoms with Gasteiger partial charge in [0.1, 0.15) is 5.75 Å².